The lowest BCUT2D eigenvalue weighted by atomic mass is 10.1. The van der Waals surface area contributed by atoms with Crippen LogP contribution in [0, 0.1) is 11.8 Å². The van der Waals surface area contributed by atoms with E-state index in [1.807, 2.05) is 0 Å². The van der Waals surface area contributed by atoms with Crippen molar-refractivity contribution in [1.82, 2.24) is 10.2 Å². The van der Waals surface area contributed by atoms with E-state index < -0.39 is 24.2 Å². The number of nitrogens with one attached hydrogen (secondary N) is 1. The third-order valence-corrected chi connectivity index (χ3v) is 3.58. The summed E-state index contributed by atoms with van der Waals surface area (Å²) in [6.45, 7) is 0.546. The molecule has 1 amide bonds. The summed E-state index contributed by atoms with van der Waals surface area (Å²) in [6, 6.07) is -0.189. The van der Waals surface area contributed by atoms with Crippen LogP contribution in [0.1, 0.15) is 6.42 Å². The van der Waals surface area contributed by atoms with E-state index in [1.54, 1.807) is 0 Å². The highest BCUT2D eigenvalue weighted by Crippen LogP contribution is 2.41. The Morgan fingerprint density at radius 1 is 1.11 bits per heavy atom. The number of fused-ring (bicyclic) bond motifs is 1. The summed E-state index contributed by atoms with van der Waals surface area (Å²) in [5.41, 5.74) is 0. The van der Waals surface area contributed by atoms with Crippen molar-refractivity contribution < 1.29 is 31.1 Å². The van der Waals surface area contributed by atoms with Gasteiger partial charge in [0.1, 0.15) is 0 Å². The molecule has 2 aliphatic heterocycles. The molecule has 2 atom stereocenters. The molecule has 2 fully saturated rings. The molecule has 0 aromatic heterocycles. The number of amides is 1. The minimum atomic E-state index is -5.61. The van der Waals surface area contributed by atoms with Crippen molar-refractivity contribution in [3.63, 3.8) is 0 Å². The standard InChI is InChI=1S/C10H12F6N2O/c11-9(12,13)7(10(14,15)16)8(19)18-3-5-1-2-17-6(5)4-18/h5-7,17H,1-4H2/t5-,6+/m0/s1. The van der Waals surface area contributed by atoms with Gasteiger partial charge in [-0.05, 0) is 18.9 Å². The van der Waals surface area contributed by atoms with Crippen LogP contribution in [0.25, 0.3) is 0 Å². The first-order valence-electron chi connectivity index (χ1n) is 5.76. The Morgan fingerprint density at radius 2 is 1.68 bits per heavy atom. The molecule has 2 aliphatic rings. The molecule has 9 heteroatoms. The molecular formula is C10H12F6N2O. The van der Waals surface area contributed by atoms with E-state index in [1.165, 1.54) is 0 Å². The Morgan fingerprint density at radius 3 is 2.16 bits per heavy atom. The third kappa shape index (κ3) is 2.80. The summed E-state index contributed by atoms with van der Waals surface area (Å²) in [5, 5.41) is 2.96. The SMILES string of the molecule is O=C(C(C(F)(F)F)C(F)(F)F)N1C[C@@H]2CCN[C@@H]2C1. The third-order valence-electron chi connectivity index (χ3n) is 3.58. The maximum Gasteiger partial charge on any atom is 0.409 e. The first-order chi connectivity index (χ1) is 8.60. The van der Waals surface area contributed by atoms with Gasteiger partial charge in [-0.3, -0.25) is 4.79 Å². The molecule has 0 aromatic carbocycles. The fourth-order valence-corrected chi connectivity index (χ4v) is 2.68. The topological polar surface area (TPSA) is 32.3 Å². The van der Waals surface area contributed by atoms with Gasteiger partial charge in [-0.25, -0.2) is 0 Å². The van der Waals surface area contributed by atoms with E-state index in [0.717, 1.165) is 0 Å². The van der Waals surface area contributed by atoms with E-state index in [0.29, 0.717) is 17.9 Å². The lowest BCUT2D eigenvalue weighted by Crippen LogP contribution is -2.49. The molecule has 19 heavy (non-hydrogen) atoms. The molecule has 0 bridgehead atoms. The molecule has 1 N–H and O–H groups in total. The van der Waals surface area contributed by atoms with Gasteiger partial charge in [-0.2, -0.15) is 26.3 Å². The van der Waals surface area contributed by atoms with E-state index in [4.69, 9.17) is 0 Å². The van der Waals surface area contributed by atoms with Crippen LogP contribution in [0.4, 0.5) is 26.3 Å². The Hall–Kier alpha value is -0.990. The average molecular weight is 290 g/mol. The molecule has 0 saturated carbocycles. The first kappa shape index (κ1) is 14.4. The molecule has 2 heterocycles. The number of halogens is 6. The number of hydrogen-bond acceptors (Lipinski definition) is 2. The number of alkyl halides is 6. The van der Waals surface area contributed by atoms with Crippen molar-refractivity contribution in [1.29, 1.82) is 0 Å². The fraction of sp³-hybridized carbons (Fsp3) is 0.900. The van der Waals surface area contributed by atoms with Gasteiger partial charge < -0.3 is 10.2 Å². The van der Waals surface area contributed by atoms with Gasteiger partial charge in [0.05, 0.1) is 0 Å². The highest BCUT2D eigenvalue weighted by atomic mass is 19.4. The lowest BCUT2D eigenvalue weighted by molar-refractivity contribution is -0.277. The minimum Gasteiger partial charge on any atom is -0.340 e. The number of hydrogen-bond donors (Lipinski definition) is 1. The quantitative estimate of drug-likeness (QED) is 0.743. The van der Waals surface area contributed by atoms with Crippen molar-refractivity contribution in [2.45, 2.75) is 24.8 Å². The molecule has 0 aliphatic carbocycles. The van der Waals surface area contributed by atoms with E-state index >= 15 is 0 Å². The highest BCUT2D eigenvalue weighted by Gasteiger charge is 2.62. The second-order valence-corrected chi connectivity index (χ2v) is 4.87. The van der Waals surface area contributed by atoms with Gasteiger partial charge in [-0.15, -0.1) is 0 Å². The van der Waals surface area contributed by atoms with E-state index in [2.05, 4.69) is 5.32 Å². The van der Waals surface area contributed by atoms with E-state index in [-0.39, 0.29) is 25.0 Å². The molecule has 0 unspecified atom stereocenters. The van der Waals surface area contributed by atoms with Crippen LogP contribution in [0.3, 0.4) is 0 Å². The molecule has 2 saturated heterocycles. The van der Waals surface area contributed by atoms with Crippen molar-refractivity contribution in [3.8, 4) is 0 Å². The highest BCUT2D eigenvalue weighted by molar-refractivity contribution is 5.80. The van der Waals surface area contributed by atoms with Crippen LogP contribution in [0.5, 0.6) is 0 Å². The van der Waals surface area contributed by atoms with Crippen LogP contribution in [0.15, 0.2) is 0 Å². The number of nitrogens with zero attached hydrogens (tertiary/aromatic N) is 1. The normalized spacial score (nSPS) is 28.1. The van der Waals surface area contributed by atoms with Gasteiger partial charge in [-0.1, -0.05) is 0 Å². The van der Waals surface area contributed by atoms with Crippen molar-refractivity contribution >= 4 is 5.91 Å². The van der Waals surface area contributed by atoms with Crippen LogP contribution in [-0.4, -0.2) is 48.8 Å². The zero-order valence-corrected chi connectivity index (χ0v) is 9.68. The van der Waals surface area contributed by atoms with Crippen LogP contribution >= 0.6 is 0 Å². The fourth-order valence-electron chi connectivity index (χ4n) is 2.68. The summed E-state index contributed by atoms with van der Waals surface area (Å²) in [5.74, 6) is -5.86. The van der Waals surface area contributed by atoms with Crippen LogP contribution in [-0.2, 0) is 4.79 Å². The smallest absolute Gasteiger partial charge is 0.340 e. The number of rotatable bonds is 1. The Kier molecular flexibility index (Phi) is 3.44. The van der Waals surface area contributed by atoms with Crippen LogP contribution < -0.4 is 5.32 Å². The van der Waals surface area contributed by atoms with Crippen molar-refractivity contribution in [2.75, 3.05) is 19.6 Å². The van der Waals surface area contributed by atoms with Gasteiger partial charge in [0.25, 0.3) is 0 Å². The average Bonchev–Trinajstić information content (AvgIpc) is 2.69. The first-order valence-corrected chi connectivity index (χ1v) is 5.76. The zero-order chi connectivity index (χ0) is 14.4. The summed E-state index contributed by atoms with van der Waals surface area (Å²) < 4.78 is 74.6. The summed E-state index contributed by atoms with van der Waals surface area (Å²) in [4.78, 5) is 12.2. The molecule has 3 nitrogen and oxygen atoms in total. The van der Waals surface area contributed by atoms with Crippen LogP contribution in [0.2, 0.25) is 0 Å². The second kappa shape index (κ2) is 4.53. The number of carbonyl (C=O) groups excluding carboxylic acids is 1. The summed E-state index contributed by atoms with van der Waals surface area (Å²) >= 11 is 0. The molecule has 2 rings (SSSR count). The summed E-state index contributed by atoms with van der Waals surface area (Å²) in [7, 11) is 0. The van der Waals surface area contributed by atoms with Gasteiger partial charge in [0, 0.05) is 19.1 Å². The maximum atomic E-state index is 12.4. The predicted molar refractivity (Wildman–Crippen MR) is 52.1 cm³/mol. The number of carbonyl (C=O) groups is 1. The zero-order valence-electron chi connectivity index (χ0n) is 9.68. The molecular weight excluding hydrogens is 278 g/mol. The minimum absolute atomic E-state index is 0.0425. The van der Waals surface area contributed by atoms with Gasteiger partial charge in [0.2, 0.25) is 11.8 Å². The number of likely N-dealkylation sites (tertiary alicyclic amines) is 1. The van der Waals surface area contributed by atoms with Gasteiger partial charge >= 0.3 is 12.4 Å². The molecule has 110 valence electrons. The second-order valence-electron chi connectivity index (χ2n) is 4.87. The summed E-state index contributed by atoms with van der Waals surface area (Å²) in [6.07, 6.45) is -10.6. The lowest BCUT2D eigenvalue weighted by Gasteiger charge is -2.27. The predicted octanol–water partition coefficient (Wildman–Crippen LogP) is 1.55. The maximum absolute atomic E-state index is 12.4. The van der Waals surface area contributed by atoms with Gasteiger partial charge in [0.15, 0.2) is 0 Å². The van der Waals surface area contributed by atoms with E-state index in [9.17, 15) is 31.1 Å². The largest absolute Gasteiger partial charge is 0.409 e. The van der Waals surface area contributed by atoms with Crippen molar-refractivity contribution in [2.24, 2.45) is 11.8 Å². The Balaban J connectivity index is 2.13. The monoisotopic (exact) mass is 290 g/mol. The molecule has 0 spiro atoms. The Labute approximate surface area is 104 Å². The Bertz CT molecular complexity index is 340. The molecule has 0 aromatic rings. The van der Waals surface area contributed by atoms with Crippen molar-refractivity contribution in [3.05, 3.63) is 0 Å². The molecule has 0 radical (unpaired) electrons.